The fraction of sp³-hybridized carbons (Fsp3) is 0.400. The van der Waals surface area contributed by atoms with E-state index in [1.807, 2.05) is 19.1 Å². The van der Waals surface area contributed by atoms with Gasteiger partial charge in [-0.2, -0.15) is 18.3 Å². The van der Waals surface area contributed by atoms with Crippen LogP contribution in [0.5, 0.6) is 5.88 Å². The van der Waals surface area contributed by atoms with Crippen molar-refractivity contribution in [3.63, 3.8) is 0 Å². The van der Waals surface area contributed by atoms with Gasteiger partial charge in [0.2, 0.25) is 5.88 Å². The van der Waals surface area contributed by atoms with Crippen molar-refractivity contribution in [1.29, 1.82) is 0 Å². The van der Waals surface area contributed by atoms with Gasteiger partial charge >= 0.3 is 6.18 Å². The highest BCUT2D eigenvalue weighted by Crippen LogP contribution is 2.39. The standard InChI is InChI=1S/C25H27F3N6OS/c1-15-20(5-6-22(31-15)35-18-7-9-33(2)10-8-18)29-14-34-24-16(13-30-34)11-23(36)32-21-12-17(25(26,27)28)3-4-19(21)24/h3-6,12-13,18,29H,7-11,14H2,1-2H3,(H,32,36). The van der Waals surface area contributed by atoms with E-state index in [4.69, 9.17) is 17.0 Å². The van der Waals surface area contributed by atoms with Crippen LogP contribution >= 0.6 is 12.2 Å². The number of aromatic nitrogens is 3. The van der Waals surface area contributed by atoms with Crippen molar-refractivity contribution in [1.82, 2.24) is 19.7 Å². The number of ether oxygens (including phenoxy) is 1. The molecule has 190 valence electrons. The van der Waals surface area contributed by atoms with Crippen LogP contribution in [0.4, 0.5) is 24.5 Å². The first-order valence-electron chi connectivity index (χ1n) is 11.8. The van der Waals surface area contributed by atoms with Crippen LogP contribution in [-0.4, -0.2) is 50.9 Å². The molecule has 0 radical (unpaired) electrons. The van der Waals surface area contributed by atoms with E-state index < -0.39 is 11.7 Å². The molecular formula is C25H27F3N6OS. The second-order valence-corrected chi connectivity index (χ2v) is 9.73. The lowest BCUT2D eigenvalue weighted by Crippen LogP contribution is -2.35. The summed E-state index contributed by atoms with van der Waals surface area (Å²) < 4.78 is 47.7. The summed E-state index contributed by atoms with van der Waals surface area (Å²) in [6.45, 7) is 4.24. The third-order valence-electron chi connectivity index (χ3n) is 6.57. The Morgan fingerprint density at radius 2 is 1.97 bits per heavy atom. The topological polar surface area (TPSA) is 67.2 Å². The van der Waals surface area contributed by atoms with Crippen molar-refractivity contribution < 1.29 is 17.9 Å². The summed E-state index contributed by atoms with van der Waals surface area (Å²) in [6.07, 6.45) is -0.212. The highest BCUT2D eigenvalue weighted by Gasteiger charge is 2.32. The van der Waals surface area contributed by atoms with Gasteiger partial charge in [-0.3, -0.25) is 0 Å². The molecule has 1 saturated heterocycles. The van der Waals surface area contributed by atoms with Crippen LogP contribution in [0.2, 0.25) is 0 Å². The number of hydrogen-bond acceptors (Lipinski definition) is 6. The van der Waals surface area contributed by atoms with E-state index in [1.165, 1.54) is 6.07 Å². The van der Waals surface area contributed by atoms with Gasteiger partial charge in [0.05, 0.1) is 33.8 Å². The van der Waals surface area contributed by atoms with Crippen molar-refractivity contribution in [2.75, 3.05) is 30.8 Å². The maximum atomic E-state index is 13.3. The lowest BCUT2D eigenvalue weighted by atomic mass is 10.0. The van der Waals surface area contributed by atoms with Crippen LogP contribution < -0.4 is 15.4 Å². The summed E-state index contributed by atoms with van der Waals surface area (Å²) in [7, 11) is 2.11. The Hall–Kier alpha value is -3.18. The molecule has 0 atom stereocenters. The Labute approximate surface area is 212 Å². The molecule has 0 saturated carbocycles. The Morgan fingerprint density at radius 1 is 1.19 bits per heavy atom. The van der Waals surface area contributed by atoms with E-state index in [-0.39, 0.29) is 6.10 Å². The molecule has 0 amide bonds. The minimum atomic E-state index is -4.44. The van der Waals surface area contributed by atoms with Gasteiger partial charge in [-0.25, -0.2) is 9.67 Å². The largest absolute Gasteiger partial charge is 0.474 e. The molecule has 4 heterocycles. The number of aryl methyl sites for hydroxylation is 1. The SMILES string of the molecule is Cc1nc(OC2CCN(C)CC2)ccc1NCn1ncc2c1-c1ccc(C(F)(F)F)cc1NC(=S)C2. The van der Waals surface area contributed by atoms with Gasteiger partial charge in [-0.1, -0.05) is 18.3 Å². The van der Waals surface area contributed by atoms with Gasteiger partial charge in [0.15, 0.2) is 0 Å². The molecule has 2 N–H and O–H groups in total. The number of rotatable bonds is 5. The normalized spacial score (nSPS) is 16.6. The number of halogens is 3. The number of nitrogens with one attached hydrogen (secondary N) is 2. The third-order valence-corrected chi connectivity index (χ3v) is 6.82. The van der Waals surface area contributed by atoms with Gasteiger partial charge in [0.1, 0.15) is 12.8 Å². The van der Waals surface area contributed by atoms with Gasteiger partial charge in [-0.15, -0.1) is 0 Å². The highest BCUT2D eigenvalue weighted by molar-refractivity contribution is 7.80. The predicted octanol–water partition coefficient (Wildman–Crippen LogP) is 5.11. The van der Waals surface area contributed by atoms with E-state index >= 15 is 0 Å². The zero-order valence-corrected chi connectivity index (χ0v) is 20.8. The number of fused-ring (bicyclic) bond motifs is 3. The first-order chi connectivity index (χ1) is 17.2. The number of thiocarbonyl (C=S) groups is 1. The fourth-order valence-electron chi connectivity index (χ4n) is 4.61. The molecule has 36 heavy (non-hydrogen) atoms. The number of likely N-dealkylation sites (tertiary alicyclic amines) is 1. The fourth-order valence-corrected chi connectivity index (χ4v) is 4.87. The molecule has 0 unspecified atom stereocenters. The smallest absolute Gasteiger partial charge is 0.416 e. The van der Waals surface area contributed by atoms with Crippen LogP contribution in [-0.2, 0) is 19.3 Å². The van der Waals surface area contributed by atoms with E-state index in [9.17, 15) is 13.2 Å². The Balaban J connectivity index is 1.34. The summed E-state index contributed by atoms with van der Waals surface area (Å²) in [4.78, 5) is 7.34. The second kappa shape index (κ2) is 9.70. The van der Waals surface area contributed by atoms with Crippen LogP contribution in [0.15, 0.2) is 36.5 Å². The quantitative estimate of drug-likeness (QED) is 0.457. The first-order valence-corrected chi connectivity index (χ1v) is 12.2. The summed E-state index contributed by atoms with van der Waals surface area (Å²) in [6, 6.07) is 7.43. The number of benzene rings is 1. The molecule has 0 aliphatic carbocycles. The number of nitrogens with zero attached hydrogens (tertiary/aromatic N) is 4. The molecule has 1 fully saturated rings. The number of hydrogen-bond donors (Lipinski definition) is 2. The average Bonchev–Trinajstić information content (AvgIpc) is 3.14. The van der Waals surface area contributed by atoms with E-state index in [2.05, 4.69) is 32.7 Å². The number of piperidine rings is 1. The Morgan fingerprint density at radius 3 is 2.69 bits per heavy atom. The van der Waals surface area contributed by atoms with Crippen LogP contribution in [0.25, 0.3) is 11.3 Å². The minimum absolute atomic E-state index is 0.170. The third kappa shape index (κ3) is 5.17. The summed E-state index contributed by atoms with van der Waals surface area (Å²) in [5, 5.41) is 10.8. The highest BCUT2D eigenvalue weighted by atomic mass is 32.1. The molecule has 7 nitrogen and oxygen atoms in total. The number of pyridine rings is 1. The molecule has 5 rings (SSSR count). The van der Waals surface area contributed by atoms with Gasteiger partial charge < -0.3 is 20.3 Å². The molecule has 0 bridgehead atoms. The van der Waals surface area contributed by atoms with Gasteiger partial charge in [0.25, 0.3) is 0 Å². The summed E-state index contributed by atoms with van der Waals surface area (Å²) in [5.74, 6) is 0.606. The van der Waals surface area contributed by atoms with E-state index in [0.29, 0.717) is 35.2 Å². The zero-order valence-electron chi connectivity index (χ0n) is 20.0. The maximum absolute atomic E-state index is 13.3. The molecule has 1 aromatic carbocycles. The van der Waals surface area contributed by atoms with E-state index in [1.54, 1.807) is 10.9 Å². The maximum Gasteiger partial charge on any atom is 0.416 e. The summed E-state index contributed by atoms with van der Waals surface area (Å²) in [5.41, 5.74) is 3.41. The molecule has 0 spiro atoms. The number of anilines is 2. The number of alkyl halides is 3. The molecule has 2 aliphatic heterocycles. The van der Waals surface area contributed by atoms with Crippen molar-refractivity contribution in [2.45, 2.75) is 45.1 Å². The van der Waals surface area contributed by atoms with Gasteiger partial charge in [-0.05, 0) is 45.0 Å². The lowest BCUT2D eigenvalue weighted by Gasteiger charge is -2.29. The minimum Gasteiger partial charge on any atom is -0.474 e. The lowest BCUT2D eigenvalue weighted by molar-refractivity contribution is -0.137. The van der Waals surface area contributed by atoms with Crippen molar-refractivity contribution in [2.24, 2.45) is 0 Å². The van der Waals surface area contributed by atoms with Crippen LogP contribution in [0, 0.1) is 6.92 Å². The van der Waals surface area contributed by atoms with Crippen LogP contribution in [0.1, 0.15) is 29.7 Å². The van der Waals surface area contributed by atoms with E-state index in [0.717, 1.165) is 60.7 Å². The monoisotopic (exact) mass is 516 g/mol. The molecule has 2 aliphatic rings. The Bertz CT molecular complexity index is 1280. The van der Waals surface area contributed by atoms with Crippen molar-refractivity contribution in [3.05, 3.63) is 53.3 Å². The van der Waals surface area contributed by atoms with Gasteiger partial charge in [0, 0.05) is 42.4 Å². The Kier molecular flexibility index (Phi) is 6.60. The molecule has 2 aromatic heterocycles. The van der Waals surface area contributed by atoms with Crippen LogP contribution in [0.3, 0.4) is 0 Å². The molecule has 11 heteroatoms. The average molecular weight is 517 g/mol. The zero-order chi connectivity index (χ0) is 25.4. The first kappa shape index (κ1) is 24.5. The summed E-state index contributed by atoms with van der Waals surface area (Å²) >= 11 is 5.36. The van der Waals surface area contributed by atoms with Crippen molar-refractivity contribution >= 4 is 28.6 Å². The second-order valence-electron chi connectivity index (χ2n) is 9.24. The van der Waals surface area contributed by atoms with Crippen molar-refractivity contribution in [3.8, 4) is 17.1 Å². The molecule has 3 aromatic rings. The molecular weight excluding hydrogens is 489 g/mol. The predicted molar refractivity (Wildman–Crippen MR) is 136 cm³/mol.